The normalized spacial score (nSPS) is 12.6. The molecule has 8 heteroatoms. The second kappa shape index (κ2) is 7.27. The van der Waals surface area contributed by atoms with Gasteiger partial charge in [-0.25, -0.2) is 9.67 Å². The molecule has 3 aromatic rings. The first-order chi connectivity index (χ1) is 11.0. The summed E-state index contributed by atoms with van der Waals surface area (Å²) < 4.78 is 7.34. The number of hydrogen-bond acceptors (Lipinski definition) is 6. The van der Waals surface area contributed by atoms with Crippen molar-refractivity contribution in [2.45, 2.75) is 46.2 Å². The molecule has 1 N–H and O–H groups in total. The van der Waals surface area contributed by atoms with Gasteiger partial charge in [0.05, 0.1) is 17.5 Å². The zero-order valence-electron chi connectivity index (χ0n) is 14.6. The van der Waals surface area contributed by atoms with Gasteiger partial charge >= 0.3 is 0 Å². The first-order valence-corrected chi connectivity index (χ1v) is 7.84. The summed E-state index contributed by atoms with van der Waals surface area (Å²) in [7, 11) is 1.92. The molecule has 0 saturated carbocycles. The summed E-state index contributed by atoms with van der Waals surface area (Å²) in [5, 5.41) is 12.6. The molecule has 1 unspecified atom stereocenters. The molecule has 7 nitrogen and oxygen atoms in total. The Labute approximate surface area is 147 Å². The summed E-state index contributed by atoms with van der Waals surface area (Å²) >= 11 is 0. The van der Waals surface area contributed by atoms with Crippen molar-refractivity contribution in [1.82, 2.24) is 30.2 Å². The van der Waals surface area contributed by atoms with Crippen LogP contribution >= 0.6 is 12.4 Å². The Balaban J connectivity index is 0.00000208. The van der Waals surface area contributed by atoms with Crippen molar-refractivity contribution >= 4 is 23.4 Å². The minimum absolute atomic E-state index is 0. The third-order valence-electron chi connectivity index (χ3n) is 3.93. The van der Waals surface area contributed by atoms with Crippen LogP contribution in [0.1, 0.15) is 38.3 Å². The van der Waals surface area contributed by atoms with Gasteiger partial charge in [0.25, 0.3) is 5.89 Å². The monoisotopic (exact) mass is 350 g/mol. The van der Waals surface area contributed by atoms with E-state index in [0.717, 1.165) is 28.7 Å². The molecule has 0 saturated heterocycles. The van der Waals surface area contributed by atoms with E-state index in [4.69, 9.17) is 4.52 Å². The molecule has 1 atom stereocenters. The predicted molar refractivity (Wildman–Crippen MR) is 95.4 cm³/mol. The predicted octanol–water partition coefficient (Wildman–Crippen LogP) is 2.94. The van der Waals surface area contributed by atoms with Crippen LogP contribution in [0.25, 0.3) is 22.5 Å². The number of rotatable bonds is 5. The van der Waals surface area contributed by atoms with Crippen LogP contribution in [0.15, 0.2) is 16.8 Å². The number of hydrogen-bond donors (Lipinski definition) is 1. The zero-order valence-corrected chi connectivity index (χ0v) is 15.4. The van der Waals surface area contributed by atoms with Gasteiger partial charge in [-0.15, -0.1) is 12.4 Å². The van der Waals surface area contributed by atoms with Crippen molar-refractivity contribution < 1.29 is 4.52 Å². The van der Waals surface area contributed by atoms with Gasteiger partial charge in [-0.05, 0) is 40.8 Å². The SMILES string of the molecule is CNC(C)Cc1noc(-c2cc3cnn(C(C)C)c3nc2C)n1.Cl. The molecule has 0 bridgehead atoms. The van der Waals surface area contributed by atoms with Crippen LogP contribution in [0.5, 0.6) is 0 Å². The maximum Gasteiger partial charge on any atom is 0.259 e. The Bertz CT molecular complexity index is 825. The van der Waals surface area contributed by atoms with Gasteiger partial charge in [-0.1, -0.05) is 5.16 Å². The van der Waals surface area contributed by atoms with Crippen molar-refractivity contribution in [2.75, 3.05) is 7.05 Å². The molecule has 3 rings (SSSR count). The van der Waals surface area contributed by atoms with Gasteiger partial charge in [0.15, 0.2) is 11.5 Å². The molecule has 3 aromatic heterocycles. The molecule has 0 aromatic carbocycles. The Morgan fingerprint density at radius 1 is 1.25 bits per heavy atom. The molecule has 24 heavy (non-hydrogen) atoms. The minimum atomic E-state index is 0. The Morgan fingerprint density at radius 2 is 2.00 bits per heavy atom. The molecule has 3 heterocycles. The van der Waals surface area contributed by atoms with Gasteiger partial charge in [-0.2, -0.15) is 10.1 Å². The molecule has 0 spiro atoms. The number of fused-ring (bicyclic) bond motifs is 1. The average molecular weight is 351 g/mol. The van der Waals surface area contributed by atoms with E-state index in [9.17, 15) is 0 Å². The maximum absolute atomic E-state index is 5.42. The Morgan fingerprint density at radius 3 is 2.67 bits per heavy atom. The summed E-state index contributed by atoms with van der Waals surface area (Å²) in [4.78, 5) is 9.17. The molecule has 0 radical (unpaired) electrons. The lowest BCUT2D eigenvalue weighted by Crippen LogP contribution is -2.24. The van der Waals surface area contributed by atoms with Crippen molar-refractivity contribution in [3.05, 3.63) is 23.8 Å². The van der Waals surface area contributed by atoms with E-state index in [1.807, 2.05) is 30.9 Å². The van der Waals surface area contributed by atoms with E-state index in [2.05, 4.69) is 46.3 Å². The smallest absolute Gasteiger partial charge is 0.259 e. The fourth-order valence-electron chi connectivity index (χ4n) is 2.48. The molecular weight excluding hydrogens is 328 g/mol. The lowest BCUT2D eigenvalue weighted by molar-refractivity contribution is 0.418. The zero-order chi connectivity index (χ0) is 16.6. The summed E-state index contributed by atoms with van der Waals surface area (Å²) in [5.74, 6) is 1.20. The van der Waals surface area contributed by atoms with Crippen LogP contribution in [-0.2, 0) is 6.42 Å². The number of halogens is 1. The van der Waals surface area contributed by atoms with Crippen LogP contribution in [0.3, 0.4) is 0 Å². The van der Waals surface area contributed by atoms with Crippen molar-refractivity contribution in [1.29, 1.82) is 0 Å². The third kappa shape index (κ3) is 3.42. The standard InChI is InChI=1S/C16H22N6O.ClH/c1-9(2)22-15-12(8-18-22)7-13(11(4)19-15)16-20-14(21-23-16)6-10(3)17-5;/h7-10,17H,6H2,1-5H3;1H. The lowest BCUT2D eigenvalue weighted by atomic mass is 10.1. The van der Waals surface area contributed by atoms with Crippen LogP contribution in [0, 0.1) is 6.92 Å². The van der Waals surface area contributed by atoms with Crippen molar-refractivity contribution in [2.24, 2.45) is 0 Å². The van der Waals surface area contributed by atoms with E-state index < -0.39 is 0 Å². The second-order valence-corrected chi connectivity index (χ2v) is 6.13. The third-order valence-corrected chi connectivity index (χ3v) is 3.93. The first-order valence-electron chi connectivity index (χ1n) is 7.84. The van der Waals surface area contributed by atoms with Crippen molar-refractivity contribution in [3.63, 3.8) is 0 Å². The quantitative estimate of drug-likeness (QED) is 0.761. The molecule has 0 amide bonds. The van der Waals surface area contributed by atoms with E-state index in [1.165, 1.54) is 0 Å². The largest absolute Gasteiger partial charge is 0.334 e. The summed E-state index contributed by atoms with van der Waals surface area (Å²) in [5.41, 5.74) is 2.60. The van der Waals surface area contributed by atoms with Gasteiger partial charge in [0.2, 0.25) is 0 Å². The average Bonchev–Trinajstić information content (AvgIpc) is 3.12. The van der Waals surface area contributed by atoms with E-state index in [0.29, 0.717) is 17.8 Å². The Hall–Kier alpha value is -1.99. The first kappa shape index (κ1) is 18.4. The molecule has 0 aliphatic rings. The molecule has 0 fully saturated rings. The number of nitrogens with one attached hydrogen (secondary N) is 1. The fraction of sp³-hybridized carbons (Fsp3) is 0.500. The number of likely N-dealkylation sites (N-methyl/N-ethyl adjacent to an activating group) is 1. The van der Waals surface area contributed by atoms with Crippen molar-refractivity contribution in [3.8, 4) is 11.5 Å². The maximum atomic E-state index is 5.42. The summed E-state index contributed by atoms with van der Waals surface area (Å²) in [6.07, 6.45) is 2.55. The second-order valence-electron chi connectivity index (χ2n) is 6.13. The summed E-state index contributed by atoms with van der Waals surface area (Å²) in [6, 6.07) is 2.58. The molecule has 0 aliphatic heterocycles. The van der Waals surface area contributed by atoms with E-state index in [-0.39, 0.29) is 18.4 Å². The highest BCUT2D eigenvalue weighted by molar-refractivity contribution is 5.85. The number of nitrogens with zero attached hydrogens (tertiary/aromatic N) is 5. The highest BCUT2D eigenvalue weighted by Gasteiger charge is 2.16. The Kier molecular flexibility index (Phi) is 5.56. The number of pyridine rings is 1. The van der Waals surface area contributed by atoms with Gasteiger partial charge < -0.3 is 9.84 Å². The van der Waals surface area contributed by atoms with Crippen LogP contribution < -0.4 is 5.32 Å². The molecular formula is C16H23ClN6O. The van der Waals surface area contributed by atoms with E-state index >= 15 is 0 Å². The van der Waals surface area contributed by atoms with Gasteiger partial charge in [0, 0.05) is 23.9 Å². The highest BCUT2D eigenvalue weighted by atomic mass is 35.5. The van der Waals surface area contributed by atoms with Crippen LogP contribution in [-0.4, -0.2) is 38.0 Å². The molecule has 0 aliphatic carbocycles. The van der Waals surface area contributed by atoms with Crippen LogP contribution in [0.2, 0.25) is 0 Å². The van der Waals surface area contributed by atoms with E-state index in [1.54, 1.807) is 0 Å². The van der Waals surface area contributed by atoms with Crippen LogP contribution in [0.4, 0.5) is 0 Å². The highest BCUT2D eigenvalue weighted by Crippen LogP contribution is 2.26. The minimum Gasteiger partial charge on any atom is -0.334 e. The lowest BCUT2D eigenvalue weighted by Gasteiger charge is -2.07. The summed E-state index contributed by atoms with van der Waals surface area (Å²) in [6.45, 7) is 8.21. The van der Waals surface area contributed by atoms with Gasteiger partial charge in [-0.3, -0.25) is 0 Å². The fourth-order valence-corrected chi connectivity index (χ4v) is 2.48. The topological polar surface area (TPSA) is 81.7 Å². The molecule has 130 valence electrons. The van der Waals surface area contributed by atoms with Gasteiger partial charge in [0.1, 0.15) is 0 Å². The number of aryl methyl sites for hydroxylation is 1. The number of aromatic nitrogens is 5.